The van der Waals surface area contributed by atoms with E-state index in [2.05, 4.69) is 20.7 Å². The van der Waals surface area contributed by atoms with Gasteiger partial charge in [0.25, 0.3) is 0 Å². The van der Waals surface area contributed by atoms with Crippen LogP contribution in [0.1, 0.15) is 10.4 Å². The van der Waals surface area contributed by atoms with E-state index in [-0.39, 0.29) is 15.8 Å². The molecule has 0 saturated heterocycles. The molecule has 0 aromatic heterocycles. The Hall–Kier alpha value is -1.83. The summed E-state index contributed by atoms with van der Waals surface area (Å²) in [5, 5.41) is 20.4. The number of hydrogen-bond acceptors (Lipinski definition) is 6. The maximum absolute atomic E-state index is 11.4. The minimum atomic E-state index is -0.933. The van der Waals surface area contributed by atoms with Gasteiger partial charge in [0.15, 0.2) is 0 Å². The number of nitro benzene ring substituents is 1. The van der Waals surface area contributed by atoms with Gasteiger partial charge in [0, 0.05) is 6.07 Å². The number of phenolic OH excluding ortho intramolecular Hbond substituents is 1. The Labute approximate surface area is 104 Å². The second-order valence-corrected chi connectivity index (χ2v) is 3.68. The smallest absolute Gasteiger partial charge is 0.345 e. The second-order valence-electron chi connectivity index (χ2n) is 2.89. The third-order valence-electron chi connectivity index (χ3n) is 1.99. The van der Waals surface area contributed by atoms with Crippen molar-refractivity contribution in [1.82, 2.24) is 0 Å². The Kier molecular flexibility index (Phi) is 3.89. The number of carbonyl (C=O) groups excluding carboxylic acids is 1. The van der Waals surface area contributed by atoms with Crippen LogP contribution in [0.5, 0.6) is 11.5 Å². The first kappa shape index (κ1) is 13.2. The van der Waals surface area contributed by atoms with Gasteiger partial charge < -0.3 is 14.6 Å². The maximum Gasteiger partial charge on any atom is 0.345 e. The Balaban J connectivity index is 3.61. The minimum Gasteiger partial charge on any atom is -0.501 e. The SMILES string of the molecule is COC(=O)c1cc(OC)c(Br)c(O)c1[N+](=O)[O-]. The van der Waals surface area contributed by atoms with Crippen molar-refractivity contribution in [3.05, 3.63) is 26.2 Å². The molecule has 0 atom stereocenters. The van der Waals surface area contributed by atoms with Crippen molar-refractivity contribution < 1.29 is 24.3 Å². The van der Waals surface area contributed by atoms with Crippen LogP contribution in [-0.4, -0.2) is 30.2 Å². The van der Waals surface area contributed by atoms with Gasteiger partial charge in [0.2, 0.25) is 5.75 Å². The highest BCUT2D eigenvalue weighted by atomic mass is 79.9. The largest absolute Gasteiger partial charge is 0.501 e. The number of hydrogen-bond donors (Lipinski definition) is 1. The number of phenols is 1. The molecule has 0 radical (unpaired) electrons. The highest BCUT2D eigenvalue weighted by Gasteiger charge is 2.30. The molecule has 0 aliphatic heterocycles. The summed E-state index contributed by atoms with van der Waals surface area (Å²) in [5.41, 5.74) is -1.11. The van der Waals surface area contributed by atoms with Crippen LogP contribution in [-0.2, 0) is 4.74 Å². The first-order valence-electron chi connectivity index (χ1n) is 4.26. The van der Waals surface area contributed by atoms with Gasteiger partial charge in [-0.1, -0.05) is 0 Å². The zero-order valence-corrected chi connectivity index (χ0v) is 10.5. The summed E-state index contributed by atoms with van der Waals surface area (Å²) in [6, 6.07) is 1.12. The molecular weight excluding hydrogens is 298 g/mol. The molecule has 0 spiro atoms. The monoisotopic (exact) mass is 305 g/mol. The number of nitro groups is 1. The maximum atomic E-state index is 11.4. The third-order valence-corrected chi connectivity index (χ3v) is 2.75. The van der Waals surface area contributed by atoms with E-state index in [9.17, 15) is 20.0 Å². The lowest BCUT2D eigenvalue weighted by Crippen LogP contribution is -2.07. The molecule has 0 aliphatic carbocycles. The molecule has 7 nitrogen and oxygen atoms in total. The minimum absolute atomic E-state index is 0.000599. The van der Waals surface area contributed by atoms with Crippen LogP contribution in [0.25, 0.3) is 0 Å². The number of esters is 1. The normalized spacial score (nSPS) is 9.82. The van der Waals surface area contributed by atoms with Crippen molar-refractivity contribution in [2.75, 3.05) is 14.2 Å². The lowest BCUT2D eigenvalue weighted by atomic mass is 10.1. The van der Waals surface area contributed by atoms with Gasteiger partial charge >= 0.3 is 11.7 Å². The fourth-order valence-corrected chi connectivity index (χ4v) is 1.67. The molecule has 0 saturated carbocycles. The van der Waals surface area contributed by atoms with Crippen LogP contribution in [0.4, 0.5) is 5.69 Å². The average molecular weight is 306 g/mol. The lowest BCUT2D eigenvalue weighted by molar-refractivity contribution is -0.386. The Morgan fingerprint density at radius 1 is 1.53 bits per heavy atom. The average Bonchev–Trinajstić information content (AvgIpc) is 2.30. The Bertz CT molecular complexity index is 487. The van der Waals surface area contributed by atoms with Crippen molar-refractivity contribution in [3.63, 3.8) is 0 Å². The molecule has 92 valence electrons. The molecule has 0 bridgehead atoms. The fraction of sp³-hybridized carbons (Fsp3) is 0.222. The Morgan fingerprint density at radius 2 is 2.12 bits per heavy atom. The van der Waals surface area contributed by atoms with Gasteiger partial charge in [0.05, 0.1) is 19.1 Å². The molecule has 0 aliphatic rings. The molecule has 1 N–H and O–H groups in total. The number of rotatable bonds is 3. The fourth-order valence-electron chi connectivity index (χ4n) is 1.21. The third kappa shape index (κ3) is 2.31. The number of aromatic hydroxyl groups is 1. The number of nitrogens with zero attached hydrogens (tertiary/aromatic N) is 1. The zero-order valence-electron chi connectivity index (χ0n) is 8.89. The zero-order chi connectivity index (χ0) is 13.2. The predicted molar refractivity (Wildman–Crippen MR) is 60.4 cm³/mol. The molecule has 0 amide bonds. The Morgan fingerprint density at radius 3 is 2.53 bits per heavy atom. The summed E-state index contributed by atoms with van der Waals surface area (Å²) in [5.74, 6) is -1.53. The predicted octanol–water partition coefficient (Wildman–Crippen LogP) is 1.86. The number of carbonyl (C=O) groups is 1. The molecule has 17 heavy (non-hydrogen) atoms. The summed E-state index contributed by atoms with van der Waals surface area (Å²) < 4.78 is 9.25. The van der Waals surface area contributed by atoms with E-state index < -0.39 is 22.3 Å². The highest BCUT2D eigenvalue weighted by molar-refractivity contribution is 9.10. The summed E-state index contributed by atoms with van der Waals surface area (Å²) in [7, 11) is 2.38. The topological polar surface area (TPSA) is 98.9 Å². The molecule has 0 unspecified atom stereocenters. The van der Waals surface area contributed by atoms with Crippen molar-refractivity contribution in [1.29, 1.82) is 0 Å². The van der Waals surface area contributed by atoms with Crippen molar-refractivity contribution >= 4 is 27.6 Å². The summed E-state index contributed by atoms with van der Waals surface area (Å²) in [4.78, 5) is 21.3. The van der Waals surface area contributed by atoms with Gasteiger partial charge in [0.1, 0.15) is 15.8 Å². The summed E-state index contributed by atoms with van der Waals surface area (Å²) >= 11 is 2.93. The quantitative estimate of drug-likeness (QED) is 0.520. The number of benzene rings is 1. The first-order valence-corrected chi connectivity index (χ1v) is 5.05. The van der Waals surface area contributed by atoms with Crippen LogP contribution in [0.2, 0.25) is 0 Å². The molecule has 1 aromatic carbocycles. The molecule has 0 heterocycles. The van der Waals surface area contributed by atoms with Crippen LogP contribution in [0.3, 0.4) is 0 Å². The van der Waals surface area contributed by atoms with Crippen LogP contribution < -0.4 is 4.74 Å². The van der Waals surface area contributed by atoms with Gasteiger partial charge in [-0.3, -0.25) is 10.1 Å². The van der Waals surface area contributed by atoms with E-state index in [1.165, 1.54) is 7.11 Å². The number of methoxy groups -OCH3 is 2. The van der Waals surface area contributed by atoms with Crippen molar-refractivity contribution in [2.45, 2.75) is 0 Å². The van der Waals surface area contributed by atoms with Gasteiger partial charge in [-0.2, -0.15) is 0 Å². The van der Waals surface area contributed by atoms with E-state index >= 15 is 0 Å². The number of halogens is 1. The molecular formula is C9H8BrNO6. The van der Waals surface area contributed by atoms with E-state index in [1.807, 2.05) is 0 Å². The van der Waals surface area contributed by atoms with Gasteiger partial charge in [-0.25, -0.2) is 4.79 Å². The molecule has 0 fully saturated rings. The molecule has 1 aromatic rings. The summed E-state index contributed by atoms with van der Waals surface area (Å²) in [6.07, 6.45) is 0. The van der Waals surface area contributed by atoms with Crippen molar-refractivity contribution in [2.24, 2.45) is 0 Å². The summed E-state index contributed by atoms with van der Waals surface area (Å²) in [6.45, 7) is 0. The van der Waals surface area contributed by atoms with E-state index in [0.29, 0.717) is 0 Å². The number of ether oxygens (including phenoxy) is 2. The van der Waals surface area contributed by atoms with Gasteiger partial charge in [-0.05, 0) is 15.9 Å². The van der Waals surface area contributed by atoms with Crippen LogP contribution in [0.15, 0.2) is 10.5 Å². The second kappa shape index (κ2) is 5.00. The standard InChI is InChI=1S/C9H8BrNO6/c1-16-5-3-4(9(13)17-2)7(11(14)15)8(12)6(5)10/h3,12H,1-2H3. The van der Waals surface area contributed by atoms with Crippen LogP contribution >= 0.6 is 15.9 Å². The lowest BCUT2D eigenvalue weighted by Gasteiger charge is -2.08. The highest BCUT2D eigenvalue weighted by Crippen LogP contribution is 2.43. The van der Waals surface area contributed by atoms with Crippen LogP contribution in [0, 0.1) is 10.1 Å². The van der Waals surface area contributed by atoms with E-state index in [0.717, 1.165) is 13.2 Å². The molecule has 8 heteroatoms. The first-order chi connectivity index (χ1) is 7.93. The van der Waals surface area contributed by atoms with E-state index in [1.54, 1.807) is 0 Å². The van der Waals surface area contributed by atoms with E-state index in [4.69, 9.17) is 4.74 Å². The van der Waals surface area contributed by atoms with Gasteiger partial charge in [-0.15, -0.1) is 0 Å². The molecule has 1 rings (SSSR count). The van der Waals surface area contributed by atoms with Crippen molar-refractivity contribution in [3.8, 4) is 11.5 Å².